The molecule has 0 bridgehead atoms. The zero-order valence-corrected chi connectivity index (χ0v) is 19.5. The monoisotopic (exact) mass is 461 g/mol. The van der Waals surface area contributed by atoms with Crippen LogP contribution in [-0.2, 0) is 4.79 Å². The zero-order chi connectivity index (χ0) is 24.4. The molecule has 0 aliphatic heterocycles. The lowest BCUT2D eigenvalue weighted by Crippen LogP contribution is -2.10. The van der Waals surface area contributed by atoms with E-state index in [4.69, 9.17) is 9.15 Å². The van der Waals surface area contributed by atoms with Crippen LogP contribution in [0.15, 0.2) is 65.3 Å². The molecule has 174 valence electrons. The molecule has 0 aliphatic carbocycles. The van der Waals surface area contributed by atoms with E-state index in [0.717, 1.165) is 45.3 Å². The summed E-state index contributed by atoms with van der Waals surface area (Å²) < 4.78 is 39.0. The first kappa shape index (κ1) is 23.2. The molecule has 1 heterocycles. The number of furan rings is 1. The van der Waals surface area contributed by atoms with Crippen LogP contribution in [0.1, 0.15) is 30.5 Å². The Balaban J connectivity index is 1.77. The van der Waals surface area contributed by atoms with Crippen LogP contribution in [0.2, 0.25) is 0 Å². The number of ether oxygens (including phenoxy) is 1. The normalized spacial score (nSPS) is 11.6. The molecule has 0 spiro atoms. The third kappa shape index (κ3) is 4.57. The molecule has 3 aromatic carbocycles. The third-order valence-electron chi connectivity index (χ3n) is 5.66. The Hall–Kier alpha value is -3.93. The van der Waals surface area contributed by atoms with Crippen molar-refractivity contribution in [3.63, 3.8) is 0 Å². The highest BCUT2D eigenvalue weighted by molar-refractivity contribution is 6.06. The van der Waals surface area contributed by atoms with E-state index >= 15 is 0 Å². The summed E-state index contributed by atoms with van der Waals surface area (Å²) in [6.45, 7) is 8.06. The lowest BCUT2D eigenvalue weighted by molar-refractivity contribution is -0.111. The van der Waals surface area contributed by atoms with Gasteiger partial charge in [0.1, 0.15) is 23.0 Å². The number of fused-ring (bicyclic) bond motifs is 1. The Bertz CT molecular complexity index is 1400. The number of amides is 1. The predicted octanol–water partition coefficient (Wildman–Crippen LogP) is 7.44. The van der Waals surface area contributed by atoms with E-state index in [-0.39, 0.29) is 5.69 Å². The van der Waals surface area contributed by atoms with E-state index < -0.39 is 17.5 Å². The molecule has 0 saturated heterocycles. The van der Waals surface area contributed by atoms with E-state index in [1.807, 2.05) is 51.1 Å². The number of nitrogens with one attached hydrogen (secondary N) is 1. The van der Waals surface area contributed by atoms with E-state index in [0.29, 0.717) is 23.5 Å². The fourth-order valence-electron chi connectivity index (χ4n) is 3.93. The summed E-state index contributed by atoms with van der Waals surface area (Å²) in [4.78, 5) is 12.6. The fraction of sp³-hybridized carbons (Fsp3) is 0.179. The van der Waals surface area contributed by atoms with Crippen LogP contribution >= 0.6 is 0 Å². The summed E-state index contributed by atoms with van der Waals surface area (Å²) in [5.41, 5.74) is 5.93. The van der Waals surface area contributed by atoms with Crippen LogP contribution in [0.3, 0.4) is 0 Å². The molecular formula is C28H25F2NO3. The van der Waals surface area contributed by atoms with Crippen molar-refractivity contribution in [3.8, 4) is 16.9 Å². The lowest BCUT2D eigenvalue weighted by Gasteiger charge is -2.15. The molecule has 0 fully saturated rings. The van der Waals surface area contributed by atoms with E-state index in [1.165, 1.54) is 12.1 Å². The van der Waals surface area contributed by atoms with Gasteiger partial charge in [-0.2, -0.15) is 0 Å². The molecule has 0 radical (unpaired) electrons. The summed E-state index contributed by atoms with van der Waals surface area (Å²) in [6, 6.07) is 13.1. The number of hydrogen-bond acceptors (Lipinski definition) is 3. The van der Waals surface area contributed by atoms with Crippen molar-refractivity contribution < 1.29 is 22.7 Å². The third-order valence-corrected chi connectivity index (χ3v) is 5.66. The van der Waals surface area contributed by atoms with Crippen molar-refractivity contribution in [2.24, 2.45) is 0 Å². The Morgan fingerprint density at radius 3 is 2.50 bits per heavy atom. The van der Waals surface area contributed by atoms with E-state index in [9.17, 15) is 13.6 Å². The zero-order valence-electron chi connectivity index (χ0n) is 19.5. The van der Waals surface area contributed by atoms with Gasteiger partial charge in [-0.05, 0) is 57.0 Å². The molecular weight excluding hydrogens is 436 g/mol. The van der Waals surface area contributed by atoms with Crippen LogP contribution in [-0.4, -0.2) is 12.5 Å². The minimum Gasteiger partial charge on any atom is -0.493 e. The predicted molar refractivity (Wildman–Crippen MR) is 131 cm³/mol. The summed E-state index contributed by atoms with van der Waals surface area (Å²) in [6.07, 6.45) is 3.10. The molecule has 0 atom stereocenters. The highest BCUT2D eigenvalue weighted by Crippen LogP contribution is 2.40. The van der Waals surface area contributed by atoms with Crippen molar-refractivity contribution in [2.75, 3.05) is 11.9 Å². The maximum Gasteiger partial charge on any atom is 0.248 e. The maximum atomic E-state index is 14.0. The Morgan fingerprint density at radius 2 is 1.82 bits per heavy atom. The number of anilines is 1. The van der Waals surface area contributed by atoms with Crippen molar-refractivity contribution in [3.05, 3.63) is 89.2 Å². The van der Waals surface area contributed by atoms with Crippen LogP contribution in [0, 0.1) is 25.5 Å². The van der Waals surface area contributed by atoms with Crippen LogP contribution in [0.4, 0.5) is 14.5 Å². The van der Waals surface area contributed by atoms with Crippen LogP contribution in [0.5, 0.6) is 5.75 Å². The molecule has 4 nitrogen and oxygen atoms in total. The molecule has 1 amide bonds. The van der Waals surface area contributed by atoms with Crippen molar-refractivity contribution >= 4 is 28.1 Å². The molecule has 0 saturated carbocycles. The van der Waals surface area contributed by atoms with Gasteiger partial charge in [0, 0.05) is 34.2 Å². The maximum absolute atomic E-state index is 14.0. The van der Waals surface area contributed by atoms with Gasteiger partial charge in [-0.3, -0.25) is 4.79 Å². The number of carbonyl (C=O) groups excluding carboxylic acids is 1. The molecule has 0 aliphatic rings. The molecule has 1 aromatic heterocycles. The lowest BCUT2D eigenvalue weighted by atomic mass is 9.96. The number of halogens is 2. The van der Waals surface area contributed by atoms with Gasteiger partial charge in [-0.25, -0.2) is 8.78 Å². The van der Waals surface area contributed by atoms with E-state index in [2.05, 4.69) is 5.32 Å². The van der Waals surface area contributed by atoms with Gasteiger partial charge in [0.25, 0.3) is 0 Å². The van der Waals surface area contributed by atoms with Gasteiger partial charge in [-0.1, -0.05) is 29.8 Å². The number of aryl methyl sites for hydroxylation is 2. The quantitative estimate of drug-likeness (QED) is 0.304. The second-order valence-corrected chi connectivity index (χ2v) is 8.14. The second-order valence-electron chi connectivity index (χ2n) is 8.14. The van der Waals surface area contributed by atoms with Crippen molar-refractivity contribution in [1.82, 2.24) is 0 Å². The minimum absolute atomic E-state index is 0.0939. The summed E-state index contributed by atoms with van der Waals surface area (Å²) >= 11 is 0. The van der Waals surface area contributed by atoms with Crippen molar-refractivity contribution in [1.29, 1.82) is 0 Å². The van der Waals surface area contributed by atoms with Gasteiger partial charge in [0.15, 0.2) is 0 Å². The average Bonchev–Trinajstić information content (AvgIpc) is 3.22. The number of allylic oxidation sites excluding steroid dienone is 1. The Labute approximate surface area is 196 Å². The minimum atomic E-state index is -0.840. The topological polar surface area (TPSA) is 51.5 Å². The highest BCUT2D eigenvalue weighted by Gasteiger charge is 2.19. The van der Waals surface area contributed by atoms with Gasteiger partial charge in [0.2, 0.25) is 5.91 Å². The highest BCUT2D eigenvalue weighted by atomic mass is 19.1. The molecule has 4 aromatic rings. The molecule has 6 heteroatoms. The van der Waals surface area contributed by atoms with Gasteiger partial charge in [-0.15, -0.1) is 0 Å². The average molecular weight is 462 g/mol. The summed E-state index contributed by atoms with van der Waals surface area (Å²) in [5.74, 6) is -1.46. The summed E-state index contributed by atoms with van der Waals surface area (Å²) in [5, 5.41) is 3.36. The number of rotatable bonds is 6. The fourth-order valence-corrected chi connectivity index (χ4v) is 3.93. The largest absolute Gasteiger partial charge is 0.493 e. The SMILES string of the molecule is CCOc1c(/C(C)=C/C(=O)Nc2ccc(F)cc2F)cc2c(-c3ccc(C)cc3)coc2c1C. The van der Waals surface area contributed by atoms with Gasteiger partial charge >= 0.3 is 0 Å². The number of carbonyl (C=O) groups is 1. The smallest absolute Gasteiger partial charge is 0.248 e. The molecule has 0 unspecified atom stereocenters. The molecule has 1 N–H and O–H groups in total. The Kier molecular flexibility index (Phi) is 6.50. The summed E-state index contributed by atoms with van der Waals surface area (Å²) in [7, 11) is 0. The standard InChI is InChI=1S/C28H25F2NO3/c1-5-33-27-18(4)28-22(23(15-34-28)19-8-6-16(2)7-9-19)14-21(27)17(3)12-26(32)31-25-11-10-20(29)13-24(25)30/h6-15H,5H2,1-4H3,(H,31,32)/b17-12+. The Morgan fingerprint density at radius 1 is 1.09 bits per heavy atom. The first-order valence-corrected chi connectivity index (χ1v) is 11.0. The van der Waals surface area contributed by atoms with Crippen LogP contribution in [0.25, 0.3) is 27.7 Å². The van der Waals surface area contributed by atoms with Crippen LogP contribution < -0.4 is 10.1 Å². The first-order valence-electron chi connectivity index (χ1n) is 11.0. The molecule has 4 rings (SSSR count). The van der Waals surface area contributed by atoms with Crippen molar-refractivity contribution in [2.45, 2.75) is 27.7 Å². The van der Waals surface area contributed by atoms with Gasteiger partial charge < -0.3 is 14.5 Å². The number of hydrogen-bond donors (Lipinski definition) is 1. The van der Waals surface area contributed by atoms with Gasteiger partial charge in [0.05, 0.1) is 18.6 Å². The van der Waals surface area contributed by atoms with E-state index in [1.54, 1.807) is 13.2 Å². The first-order chi connectivity index (χ1) is 16.3. The number of benzene rings is 3. The molecule has 34 heavy (non-hydrogen) atoms. The second kappa shape index (κ2) is 9.51.